The van der Waals surface area contributed by atoms with Crippen molar-refractivity contribution in [1.82, 2.24) is 4.31 Å². The van der Waals surface area contributed by atoms with E-state index in [-0.39, 0.29) is 23.1 Å². The number of alkyl halides is 3. The molecule has 10 heteroatoms. The molecule has 1 saturated carbocycles. The number of sulfonamides is 1. The van der Waals surface area contributed by atoms with Gasteiger partial charge in [0.2, 0.25) is 10.0 Å². The van der Waals surface area contributed by atoms with Crippen molar-refractivity contribution >= 4 is 32.8 Å². The summed E-state index contributed by atoms with van der Waals surface area (Å²) >= 11 is 5.34. The van der Waals surface area contributed by atoms with Gasteiger partial charge in [-0.2, -0.15) is 17.5 Å². The van der Waals surface area contributed by atoms with Crippen LogP contribution in [0.3, 0.4) is 0 Å². The number of piperazine rings is 1. The van der Waals surface area contributed by atoms with Crippen LogP contribution in [-0.2, 0) is 15.6 Å². The number of hydrogen-bond acceptors (Lipinski definition) is 5. The van der Waals surface area contributed by atoms with E-state index in [0.717, 1.165) is 44.7 Å². The molecule has 0 radical (unpaired) electrons. The Morgan fingerprint density at radius 2 is 1.75 bits per heavy atom. The minimum absolute atomic E-state index is 0.112. The number of hydrogen-bond donors (Lipinski definition) is 1. The first-order valence-corrected chi connectivity index (χ1v) is 14.3. The molecule has 0 amide bonds. The van der Waals surface area contributed by atoms with Crippen LogP contribution in [0.15, 0.2) is 47.4 Å². The van der Waals surface area contributed by atoms with E-state index in [9.17, 15) is 26.7 Å². The number of aliphatic hydroxyl groups is 1. The minimum Gasteiger partial charge on any atom is -0.376 e. The summed E-state index contributed by atoms with van der Waals surface area (Å²) in [5, 5.41) is 10.0. The van der Waals surface area contributed by atoms with E-state index in [1.54, 1.807) is 24.3 Å². The third-order valence-corrected chi connectivity index (χ3v) is 10.1. The summed E-state index contributed by atoms with van der Waals surface area (Å²) < 4.78 is 68.3. The number of allylic oxidation sites excluding steroid dienone is 4. The Hall–Kier alpha value is -1.75. The van der Waals surface area contributed by atoms with Gasteiger partial charge in [0.25, 0.3) is 0 Å². The molecule has 198 valence electrons. The van der Waals surface area contributed by atoms with Crippen LogP contribution < -0.4 is 4.90 Å². The van der Waals surface area contributed by atoms with E-state index in [0.29, 0.717) is 30.3 Å². The highest BCUT2D eigenvalue weighted by Crippen LogP contribution is 2.39. The zero-order chi connectivity index (χ0) is 26.1. The van der Waals surface area contributed by atoms with Crippen LogP contribution in [0.25, 0.3) is 0 Å². The molecule has 1 saturated heterocycles. The lowest BCUT2D eigenvalue weighted by Gasteiger charge is -2.44. The summed E-state index contributed by atoms with van der Waals surface area (Å²) in [7, 11) is -3.74. The fraction of sp³-hybridized carbons (Fsp3) is 0.577. The summed E-state index contributed by atoms with van der Waals surface area (Å²) in [6.07, 6.45) is 7.32. The van der Waals surface area contributed by atoms with E-state index in [2.05, 4.69) is 4.90 Å². The van der Waals surface area contributed by atoms with Gasteiger partial charge in [0, 0.05) is 42.6 Å². The van der Waals surface area contributed by atoms with Crippen molar-refractivity contribution in [2.75, 3.05) is 24.5 Å². The summed E-state index contributed by atoms with van der Waals surface area (Å²) in [5.41, 5.74) is -2.44. The molecule has 1 heterocycles. The first kappa shape index (κ1) is 27.3. The zero-order valence-electron chi connectivity index (χ0n) is 20.4. The number of benzene rings is 1. The van der Waals surface area contributed by atoms with Gasteiger partial charge in [0.05, 0.1) is 4.91 Å². The lowest BCUT2D eigenvalue weighted by atomic mass is 9.84. The third-order valence-electron chi connectivity index (χ3n) is 7.67. The Bertz CT molecular complexity index is 1120. The molecule has 2 atom stereocenters. The summed E-state index contributed by atoms with van der Waals surface area (Å²) in [6, 6.07) is 5.69. The van der Waals surface area contributed by atoms with Gasteiger partial charge in [-0.1, -0.05) is 68.6 Å². The van der Waals surface area contributed by atoms with Crippen LogP contribution in [0.2, 0.25) is 0 Å². The number of halogens is 3. The Balaban J connectivity index is 1.59. The van der Waals surface area contributed by atoms with Crippen LogP contribution in [-0.4, -0.2) is 54.5 Å². The highest BCUT2D eigenvalue weighted by molar-refractivity contribution is 7.96. The quantitative estimate of drug-likeness (QED) is 0.484. The van der Waals surface area contributed by atoms with E-state index >= 15 is 0 Å². The van der Waals surface area contributed by atoms with Gasteiger partial charge >= 0.3 is 6.18 Å². The monoisotopic (exact) mass is 542 g/mol. The van der Waals surface area contributed by atoms with Crippen LogP contribution in [0.5, 0.6) is 0 Å². The molecule has 1 aromatic carbocycles. The molecule has 4 rings (SSSR count). The highest BCUT2D eigenvalue weighted by atomic mass is 32.2. The molecule has 36 heavy (non-hydrogen) atoms. The average Bonchev–Trinajstić information content (AvgIpc) is 2.84. The predicted molar refractivity (Wildman–Crippen MR) is 139 cm³/mol. The fourth-order valence-electron chi connectivity index (χ4n) is 5.43. The standard InChI is InChI=1S/C26H33F3N2O3S2/c1-25(32,26(27,28)29)20-11-13-21(14-12-20)31-16-15-30(18-22(31)17-19-7-3-2-4-8-19)36(33,34)24-10-6-5-9-23(24)35/h5-6,10-14,19,22,32H,2-4,7-9,15-18H2,1H3/t22-,25-/m0/s1. The van der Waals surface area contributed by atoms with Crippen molar-refractivity contribution in [3.8, 4) is 0 Å². The molecule has 5 nitrogen and oxygen atoms in total. The Morgan fingerprint density at radius 1 is 1.08 bits per heavy atom. The lowest BCUT2D eigenvalue weighted by Crippen LogP contribution is -2.56. The SMILES string of the molecule is C[C@](O)(c1ccc(N2CCN(S(=O)(=O)C3=CC=CCC3=S)C[C@@H]2CC2CCCCC2)cc1)C(F)(F)F. The molecular weight excluding hydrogens is 509 g/mol. The second-order valence-corrected chi connectivity index (χ2v) is 12.6. The van der Waals surface area contributed by atoms with Crippen molar-refractivity contribution in [3.05, 3.63) is 53.0 Å². The van der Waals surface area contributed by atoms with Gasteiger partial charge < -0.3 is 10.0 Å². The Kier molecular flexibility index (Phi) is 8.00. The molecule has 0 bridgehead atoms. The van der Waals surface area contributed by atoms with Gasteiger partial charge in [0.15, 0.2) is 5.60 Å². The predicted octanol–water partition coefficient (Wildman–Crippen LogP) is 5.46. The van der Waals surface area contributed by atoms with Crippen molar-refractivity contribution in [1.29, 1.82) is 0 Å². The maximum absolute atomic E-state index is 13.5. The lowest BCUT2D eigenvalue weighted by molar-refractivity contribution is -0.258. The largest absolute Gasteiger partial charge is 0.421 e. The molecule has 1 N–H and O–H groups in total. The maximum atomic E-state index is 13.5. The van der Waals surface area contributed by atoms with Crippen molar-refractivity contribution in [2.24, 2.45) is 5.92 Å². The summed E-state index contributed by atoms with van der Waals surface area (Å²) in [5.74, 6) is 0.483. The third kappa shape index (κ3) is 5.56. The van der Waals surface area contributed by atoms with E-state index in [1.165, 1.54) is 22.9 Å². The van der Waals surface area contributed by atoms with Crippen molar-refractivity contribution < 1.29 is 26.7 Å². The van der Waals surface area contributed by atoms with E-state index in [4.69, 9.17) is 12.2 Å². The topological polar surface area (TPSA) is 60.9 Å². The number of rotatable bonds is 6. The number of nitrogens with zero attached hydrogens (tertiary/aromatic N) is 2. The molecule has 0 aromatic heterocycles. The fourth-order valence-corrected chi connectivity index (χ4v) is 7.50. The van der Waals surface area contributed by atoms with Gasteiger partial charge in [0.1, 0.15) is 0 Å². The van der Waals surface area contributed by atoms with E-state index in [1.807, 2.05) is 6.08 Å². The van der Waals surface area contributed by atoms with Gasteiger partial charge in [-0.3, -0.25) is 0 Å². The number of thiocarbonyl (C=S) groups is 1. The molecule has 0 unspecified atom stereocenters. The Labute approximate surface area is 216 Å². The van der Waals surface area contributed by atoms with Gasteiger partial charge in [-0.15, -0.1) is 0 Å². The minimum atomic E-state index is -4.79. The van der Waals surface area contributed by atoms with Gasteiger partial charge in [-0.05, 0) is 43.0 Å². The van der Waals surface area contributed by atoms with Crippen LogP contribution >= 0.6 is 12.2 Å². The maximum Gasteiger partial charge on any atom is 0.421 e. The summed E-state index contributed by atoms with van der Waals surface area (Å²) in [6.45, 7) is 1.72. The molecule has 2 aliphatic carbocycles. The second kappa shape index (κ2) is 10.6. The number of anilines is 1. The van der Waals surface area contributed by atoms with Crippen molar-refractivity contribution in [2.45, 2.75) is 69.7 Å². The smallest absolute Gasteiger partial charge is 0.376 e. The van der Waals surface area contributed by atoms with Gasteiger partial charge in [-0.25, -0.2) is 8.42 Å². The normalized spacial score (nSPS) is 24.5. The molecular formula is C26H33F3N2O3S2. The van der Waals surface area contributed by atoms with Crippen LogP contribution in [0, 0.1) is 5.92 Å². The van der Waals surface area contributed by atoms with Crippen molar-refractivity contribution in [3.63, 3.8) is 0 Å². The molecule has 1 aromatic rings. The van der Waals surface area contributed by atoms with Crippen LogP contribution in [0.1, 0.15) is 57.4 Å². The first-order valence-electron chi connectivity index (χ1n) is 12.5. The highest BCUT2D eigenvalue weighted by Gasteiger charge is 2.51. The molecule has 3 aliphatic rings. The second-order valence-electron chi connectivity index (χ2n) is 10.2. The first-order chi connectivity index (χ1) is 16.9. The molecule has 0 spiro atoms. The Morgan fingerprint density at radius 3 is 2.36 bits per heavy atom. The van der Waals surface area contributed by atoms with Crippen LogP contribution in [0.4, 0.5) is 18.9 Å². The molecule has 2 fully saturated rings. The molecule has 1 aliphatic heterocycles. The zero-order valence-corrected chi connectivity index (χ0v) is 22.0. The van der Waals surface area contributed by atoms with E-state index < -0.39 is 21.8 Å². The summed E-state index contributed by atoms with van der Waals surface area (Å²) in [4.78, 5) is 2.71. The average molecular weight is 543 g/mol.